The number of hydrogen-bond donors (Lipinski definition) is 0. The van der Waals surface area contributed by atoms with E-state index in [4.69, 9.17) is 4.74 Å². The summed E-state index contributed by atoms with van der Waals surface area (Å²) in [6, 6.07) is 4.09. The lowest BCUT2D eigenvalue weighted by molar-refractivity contribution is -0.204. The van der Waals surface area contributed by atoms with Crippen LogP contribution in [0.1, 0.15) is 37.3 Å². The van der Waals surface area contributed by atoms with Gasteiger partial charge in [-0.3, -0.25) is 4.79 Å². The van der Waals surface area contributed by atoms with Crippen molar-refractivity contribution in [3.8, 4) is 0 Å². The van der Waals surface area contributed by atoms with Gasteiger partial charge in [-0.05, 0) is 43.4 Å². The van der Waals surface area contributed by atoms with Crippen molar-refractivity contribution in [1.29, 1.82) is 0 Å². The summed E-state index contributed by atoms with van der Waals surface area (Å²) in [5, 5.41) is 0. The van der Waals surface area contributed by atoms with Crippen LogP contribution in [0.2, 0.25) is 0 Å². The van der Waals surface area contributed by atoms with Crippen molar-refractivity contribution in [3.05, 3.63) is 34.3 Å². The van der Waals surface area contributed by atoms with Crippen LogP contribution in [0, 0.1) is 5.41 Å². The molecule has 0 bridgehead atoms. The molecule has 1 spiro atoms. The molecule has 7 heteroatoms. The van der Waals surface area contributed by atoms with Crippen molar-refractivity contribution in [1.82, 2.24) is 4.90 Å². The molecule has 0 saturated carbocycles. The number of halogens is 4. The highest BCUT2D eigenvalue weighted by Gasteiger charge is 2.53. The summed E-state index contributed by atoms with van der Waals surface area (Å²) in [6.07, 6.45) is -2.02. The van der Waals surface area contributed by atoms with Crippen molar-refractivity contribution in [2.45, 2.75) is 37.9 Å². The second-order valence-electron chi connectivity index (χ2n) is 6.53. The third-order valence-electron chi connectivity index (χ3n) is 4.90. The van der Waals surface area contributed by atoms with Crippen molar-refractivity contribution in [2.24, 2.45) is 5.41 Å². The Bertz CT molecular complexity index is 591. The van der Waals surface area contributed by atoms with Crippen LogP contribution in [0.15, 0.2) is 28.7 Å². The first-order chi connectivity index (χ1) is 11.3. The highest BCUT2D eigenvalue weighted by molar-refractivity contribution is 9.10. The standard InChI is InChI=1S/C17H19BrF3NO2/c18-13-5-3-12(4-6-13)14(17(19,20)21)22-9-1-7-16(15(22)23)8-2-10-24-11-16/h3-6,14H,1-2,7-11H2/t14-,16?/m0/s1. The quantitative estimate of drug-likeness (QED) is 0.726. The van der Waals surface area contributed by atoms with Crippen LogP contribution >= 0.6 is 15.9 Å². The fourth-order valence-corrected chi connectivity index (χ4v) is 4.02. The first-order valence-corrected chi connectivity index (χ1v) is 8.84. The highest BCUT2D eigenvalue weighted by Crippen LogP contribution is 2.45. The summed E-state index contributed by atoms with van der Waals surface area (Å²) in [4.78, 5) is 14.0. The molecule has 24 heavy (non-hydrogen) atoms. The molecule has 2 atom stereocenters. The molecule has 0 aliphatic carbocycles. The molecule has 2 fully saturated rings. The maximum absolute atomic E-state index is 13.8. The van der Waals surface area contributed by atoms with Crippen LogP contribution in [0.3, 0.4) is 0 Å². The SMILES string of the molecule is O=C1N([C@@H](c2ccc(Br)cc2)C(F)(F)F)CCCC12CCCOC2. The van der Waals surface area contributed by atoms with Crippen LogP contribution in [-0.2, 0) is 9.53 Å². The minimum absolute atomic E-state index is 0.0906. The summed E-state index contributed by atoms with van der Waals surface area (Å²) >= 11 is 3.23. The second-order valence-corrected chi connectivity index (χ2v) is 7.45. The normalized spacial score (nSPS) is 26.7. The topological polar surface area (TPSA) is 29.5 Å². The summed E-state index contributed by atoms with van der Waals surface area (Å²) in [5.41, 5.74) is -0.692. The molecule has 132 valence electrons. The lowest BCUT2D eigenvalue weighted by atomic mass is 9.74. The third kappa shape index (κ3) is 3.33. The molecule has 0 aromatic heterocycles. The van der Waals surface area contributed by atoms with Gasteiger partial charge in [0.15, 0.2) is 6.04 Å². The number of alkyl halides is 3. The molecule has 1 unspecified atom stereocenters. The Labute approximate surface area is 147 Å². The Morgan fingerprint density at radius 2 is 1.83 bits per heavy atom. The maximum Gasteiger partial charge on any atom is 0.413 e. The predicted octanol–water partition coefficient (Wildman–Crippen LogP) is 4.47. The van der Waals surface area contributed by atoms with Crippen LogP contribution in [0.5, 0.6) is 0 Å². The molecule has 0 radical (unpaired) electrons. The van der Waals surface area contributed by atoms with Gasteiger partial charge in [0.25, 0.3) is 0 Å². The number of carbonyl (C=O) groups is 1. The van der Waals surface area contributed by atoms with E-state index in [1.165, 1.54) is 12.1 Å². The Morgan fingerprint density at radius 3 is 2.42 bits per heavy atom. The zero-order chi connectivity index (χ0) is 17.4. The Morgan fingerprint density at radius 1 is 1.17 bits per heavy atom. The van der Waals surface area contributed by atoms with Gasteiger partial charge in [0.2, 0.25) is 5.91 Å². The Kier molecular flexibility index (Phi) is 4.93. The van der Waals surface area contributed by atoms with Gasteiger partial charge >= 0.3 is 6.18 Å². The fraction of sp³-hybridized carbons (Fsp3) is 0.588. The molecule has 2 heterocycles. The summed E-state index contributed by atoms with van der Waals surface area (Å²) < 4.78 is 47.5. The van der Waals surface area contributed by atoms with Gasteiger partial charge in [-0.25, -0.2) is 0 Å². The maximum atomic E-state index is 13.8. The van der Waals surface area contributed by atoms with Crippen LogP contribution < -0.4 is 0 Å². The second kappa shape index (κ2) is 6.67. The van der Waals surface area contributed by atoms with Crippen molar-refractivity contribution in [3.63, 3.8) is 0 Å². The average molecular weight is 406 g/mol. The summed E-state index contributed by atoms with van der Waals surface area (Å²) in [7, 11) is 0. The van der Waals surface area contributed by atoms with E-state index in [1.54, 1.807) is 12.1 Å². The molecule has 1 aromatic rings. The van der Waals surface area contributed by atoms with Gasteiger partial charge in [0, 0.05) is 17.6 Å². The highest BCUT2D eigenvalue weighted by atomic mass is 79.9. The molecular weight excluding hydrogens is 387 g/mol. The van der Waals surface area contributed by atoms with E-state index < -0.39 is 23.5 Å². The van der Waals surface area contributed by atoms with Gasteiger partial charge in [0.05, 0.1) is 12.0 Å². The van der Waals surface area contributed by atoms with E-state index >= 15 is 0 Å². The molecule has 1 aromatic carbocycles. The summed E-state index contributed by atoms with van der Waals surface area (Å²) in [6.45, 7) is 0.929. The van der Waals surface area contributed by atoms with E-state index in [1.807, 2.05) is 0 Å². The van der Waals surface area contributed by atoms with Gasteiger partial charge in [-0.2, -0.15) is 13.2 Å². The first kappa shape index (κ1) is 17.7. The van der Waals surface area contributed by atoms with Crippen LogP contribution in [0.25, 0.3) is 0 Å². The van der Waals surface area contributed by atoms with E-state index in [0.29, 0.717) is 36.8 Å². The molecule has 2 saturated heterocycles. The monoisotopic (exact) mass is 405 g/mol. The summed E-state index contributed by atoms with van der Waals surface area (Å²) in [5.74, 6) is -0.418. The first-order valence-electron chi connectivity index (χ1n) is 8.04. The number of nitrogens with zero attached hydrogens (tertiary/aromatic N) is 1. The zero-order valence-electron chi connectivity index (χ0n) is 13.1. The Balaban J connectivity index is 1.95. The Hall–Kier alpha value is -1.08. The minimum Gasteiger partial charge on any atom is -0.380 e. The molecule has 0 N–H and O–H groups in total. The molecule has 2 aliphatic rings. The van der Waals surface area contributed by atoms with E-state index in [9.17, 15) is 18.0 Å². The van der Waals surface area contributed by atoms with Crippen LogP contribution in [0.4, 0.5) is 13.2 Å². The third-order valence-corrected chi connectivity index (χ3v) is 5.43. The fourth-order valence-electron chi connectivity index (χ4n) is 3.76. The van der Waals surface area contributed by atoms with Crippen LogP contribution in [-0.4, -0.2) is 36.7 Å². The number of amides is 1. The smallest absolute Gasteiger partial charge is 0.380 e. The lowest BCUT2D eigenvalue weighted by Crippen LogP contribution is -2.55. The minimum atomic E-state index is -4.52. The molecule has 2 aliphatic heterocycles. The number of carbonyl (C=O) groups excluding carboxylic acids is 1. The molecule has 1 amide bonds. The van der Waals surface area contributed by atoms with Gasteiger partial charge in [-0.15, -0.1) is 0 Å². The van der Waals surface area contributed by atoms with Gasteiger partial charge < -0.3 is 9.64 Å². The molecular formula is C17H19BrF3NO2. The lowest BCUT2D eigenvalue weighted by Gasteiger charge is -2.46. The predicted molar refractivity (Wildman–Crippen MR) is 86.4 cm³/mol. The number of piperidine rings is 1. The van der Waals surface area contributed by atoms with Gasteiger partial charge in [0.1, 0.15) is 0 Å². The number of rotatable bonds is 2. The van der Waals surface area contributed by atoms with Gasteiger partial charge in [-0.1, -0.05) is 28.1 Å². The van der Waals surface area contributed by atoms with Crippen molar-refractivity contribution in [2.75, 3.05) is 19.8 Å². The number of hydrogen-bond acceptors (Lipinski definition) is 2. The average Bonchev–Trinajstić information content (AvgIpc) is 2.53. The molecule has 3 rings (SSSR count). The molecule has 3 nitrogen and oxygen atoms in total. The number of likely N-dealkylation sites (tertiary alicyclic amines) is 1. The van der Waals surface area contributed by atoms with E-state index in [2.05, 4.69) is 15.9 Å². The van der Waals surface area contributed by atoms with Crippen molar-refractivity contribution >= 4 is 21.8 Å². The zero-order valence-corrected chi connectivity index (χ0v) is 14.7. The number of ether oxygens (including phenoxy) is 1. The largest absolute Gasteiger partial charge is 0.413 e. The van der Waals surface area contributed by atoms with E-state index in [0.717, 1.165) is 4.90 Å². The van der Waals surface area contributed by atoms with Crippen molar-refractivity contribution < 1.29 is 22.7 Å². The number of benzene rings is 1. The van der Waals surface area contributed by atoms with E-state index in [-0.39, 0.29) is 18.7 Å².